The van der Waals surface area contributed by atoms with Crippen molar-refractivity contribution in [1.82, 2.24) is 25.0 Å². The third kappa shape index (κ3) is 5.40. The predicted octanol–water partition coefficient (Wildman–Crippen LogP) is 4.81. The second kappa shape index (κ2) is 10.8. The summed E-state index contributed by atoms with van der Waals surface area (Å²) in [5.74, 6) is 0.554. The van der Waals surface area contributed by atoms with Crippen molar-refractivity contribution in [2.75, 3.05) is 13.1 Å². The van der Waals surface area contributed by atoms with E-state index >= 15 is 0 Å². The van der Waals surface area contributed by atoms with Crippen LogP contribution in [0.2, 0.25) is 0 Å². The number of halogens is 2. The molecule has 2 unspecified atom stereocenters. The van der Waals surface area contributed by atoms with Gasteiger partial charge in [-0.3, -0.25) is 19.3 Å². The molecule has 1 N–H and O–H groups in total. The summed E-state index contributed by atoms with van der Waals surface area (Å²) in [6.45, 7) is 2.95. The fourth-order valence-electron chi connectivity index (χ4n) is 5.77. The van der Waals surface area contributed by atoms with E-state index in [-0.39, 0.29) is 30.1 Å². The summed E-state index contributed by atoms with van der Waals surface area (Å²) >= 11 is 0. The Hall–Kier alpha value is -3.62. The van der Waals surface area contributed by atoms with Crippen molar-refractivity contribution in [3.05, 3.63) is 82.9 Å². The molecule has 0 saturated carbocycles. The molecule has 3 aromatic rings. The van der Waals surface area contributed by atoms with E-state index < -0.39 is 6.43 Å². The van der Waals surface area contributed by atoms with Crippen LogP contribution in [0.3, 0.4) is 0 Å². The molecule has 7 nitrogen and oxygen atoms in total. The number of fused-ring (bicyclic) bond motifs is 1. The average molecular weight is 508 g/mol. The molecule has 5 rings (SSSR count). The topological polar surface area (TPSA) is 80.1 Å². The summed E-state index contributed by atoms with van der Waals surface area (Å²) in [5.41, 5.74) is 3.11. The number of hydrogen-bond donors (Lipinski definition) is 1. The highest BCUT2D eigenvalue weighted by Gasteiger charge is 2.35. The highest BCUT2D eigenvalue weighted by Crippen LogP contribution is 2.44. The zero-order valence-electron chi connectivity index (χ0n) is 20.8. The van der Waals surface area contributed by atoms with Crippen molar-refractivity contribution < 1.29 is 18.4 Å². The molecule has 1 aliphatic heterocycles. The van der Waals surface area contributed by atoms with Gasteiger partial charge in [-0.05, 0) is 73.8 Å². The molecule has 0 spiro atoms. The van der Waals surface area contributed by atoms with Gasteiger partial charge in [-0.25, -0.2) is 8.78 Å². The van der Waals surface area contributed by atoms with Gasteiger partial charge in [0.25, 0.3) is 12.3 Å². The normalized spacial score (nSPS) is 20.1. The zero-order chi connectivity index (χ0) is 25.9. The minimum atomic E-state index is -2.65. The first-order chi connectivity index (χ1) is 17.9. The van der Waals surface area contributed by atoms with Crippen molar-refractivity contribution in [2.45, 2.75) is 57.5 Å². The number of aryl methyl sites for hydroxylation is 1. The molecule has 1 aromatic carbocycles. The zero-order valence-corrected chi connectivity index (χ0v) is 20.8. The smallest absolute Gasteiger partial charge is 0.282 e. The molecular formula is C28H31F2N5O2. The van der Waals surface area contributed by atoms with E-state index in [0.717, 1.165) is 31.2 Å². The number of rotatable bonds is 6. The first-order valence-electron chi connectivity index (χ1n) is 12.8. The van der Waals surface area contributed by atoms with Crippen LogP contribution in [0, 0.1) is 12.8 Å². The molecule has 1 saturated heterocycles. The van der Waals surface area contributed by atoms with Gasteiger partial charge in [0.2, 0.25) is 5.91 Å². The Kier molecular flexibility index (Phi) is 7.30. The average Bonchev–Trinajstić information content (AvgIpc) is 3.29. The number of amides is 2. The highest BCUT2D eigenvalue weighted by atomic mass is 19.3. The van der Waals surface area contributed by atoms with Crippen LogP contribution in [0.15, 0.2) is 54.7 Å². The maximum Gasteiger partial charge on any atom is 0.282 e. The largest absolute Gasteiger partial charge is 0.344 e. The maximum absolute atomic E-state index is 12.9. The molecular weight excluding hydrogens is 476 g/mol. The molecule has 1 aliphatic carbocycles. The molecule has 1 fully saturated rings. The summed E-state index contributed by atoms with van der Waals surface area (Å²) in [4.78, 5) is 31.6. The summed E-state index contributed by atoms with van der Waals surface area (Å²) in [6, 6.07) is 14.9. The number of carbonyl (C=O) groups excluding carboxylic acids is 2. The molecule has 2 amide bonds. The van der Waals surface area contributed by atoms with E-state index in [1.54, 1.807) is 31.3 Å². The van der Waals surface area contributed by atoms with Gasteiger partial charge in [0, 0.05) is 25.0 Å². The molecule has 9 heteroatoms. The van der Waals surface area contributed by atoms with Crippen molar-refractivity contribution in [3.63, 3.8) is 0 Å². The number of piperidine rings is 1. The Labute approximate surface area is 214 Å². The number of likely N-dealkylation sites (tertiary alicyclic amines) is 1. The van der Waals surface area contributed by atoms with Crippen molar-refractivity contribution in [3.8, 4) is 0 Å². The maximum atomic E-state index is 12.9. The first kappa shape index (κ1) is 25.0. The highest BCUT2D eigenvalue weighted by molar-refractivity contribution is 5.92. The predicted molar refractivity (Wildman–Crippen MR) is 134 cm³/mol. The number of pyridine rings is 1. The van der Waals surface area contributed by atoms with Crippen LogP contribution in [0.5, 0.6) is 0 Å². The molecule has 37 heavy (non-hydrogen) atoms. The summed E-state index contributed by atoms with van der Waals surface area (Å²) < 4.78 is 27.3. The molecule has 2 atom stereocenters. The molecule has 2 aliphatic rings. The van der Waals surface area contributed by atoms with Gasteiger partial charge >= 0.3 is 0 Å². The van der Waals surface area contributed by atoms with Gasteiger partial charge in [-0.2, -0.15) is 5.10 Å². The number of nitrogens with zero attached hydrogens (tertiary/aromatic N) is 4. The number of benzene rings is 1. The summed E-state index contributed by atoms with van der Waals surface area (Å²) in [5, 5.41) is 7.05. The van der Waals surface area contributed by atoms with Gasteiger partial charge in [0.15, 0.2) is 0 Å². The summed E-state index contributed by atoms with van der Waals surface area (Å²) in [7, 11) is 0. The lowest BCUT2D eigenvalue weighted by Gasteiger charge is -2.40. The Balaban J connectivity index is 1.21. The number of hydrogen-bond acceptors (Lipinski definition) is 4. The number of alkyl halides is 2. The lowest BCUT2D eigenvalue weighted by molar-refractivity contribution is -0.133. The quantitative estimate of drug-likeness (QED) is 0.519. The Bertz CT molecular complexity index is 1250. The van der Waals surface area contributed by atoms with Gasteiger partial charge in [-0.1, -0.05) is 30.3 Å². The number of carbonyl (C=O) groups is 2. The van der Waals surface area contributed by atoms with Crippen LogP contribution >= 0.6 is 0 Å². The van der Waals surface area contributed by atoms with Crippen LogP contribution < -0.4 is 5.32 Å². The molecule has 0 radical (unpaired) electrons. The van der Waals surface area contributed by atoms with E-state index in [0.29, 0.717) is 36.3 Å². The molecule has 0 bridgehead atoms. The lowest BCUT2D eigenvalue weighted by atomic mass is 9.71. The summed E-state index contributed by atoms with van der Waals surface area (Å²) in [6.07, 6.45) is 2.56. The van der Waals surface area contributed by atoms with Gasteiger partial charge in [0.05, 0.1) is 6.04 Å². The monoisotopic (exact) mass is 507 g/mol. The Morgan fingerprint density at radius 2 is 1.76 bits per heavy atom. The van der Waals surface area contributed by atoms with Gasteiger partial charge in [-0.15, -0.1) is 0 Å². The van der Waals surface area contributed by atoms with Crippen molar-refractivity contribution >= 4 is 11.8 Å². The third-order valence-electron chi connectivity index (χ3n) is 7.71. The van der Waals surface area contributed by atoms with Gasteiger partial charge in [0.1, 0.15) is 17.9 Å². The van der Waals surface area contributed by atoms with Crippen LogP contribution in [-0.2, 0) is 11.3 Å². The standard InChI is InChI=1S/C28H31F2N5O2/c1-18-16-25(27(29)30)33-35(18)17-26(36)34-14-11-19(12-15-34)20-9-10-23(22-7-3-2-6-21(20)22)32-28(37)24-8-4-5-13-31-24/h2-8,13,16,19-20,23,27H,9-12,14-15,17H2,1H3,(H,32,37). The van der Waals surface area contributed by atoms with Crippen LogP contribution in [0.4, 0.5) is 8.78 Å². The van der Waals surface area contributed by atoms with Crippen LogP contribution in [-0.4, -0.2) is 44.6 Å². The van der Waals surface area contributed by atoms with E-state index in [1.807, 2.05) is 17.0 Å². The SMILES string of the molecule is Cc1cc(C(F)F)nn1CC(=O)N1CCC(C2CCC(NC(=O)c3ccccn3)c3ccccc32)CC1. The molecule has 2 aromatic heterocycles. The van der Waals surface area contributed by atoms with E-state index in [4.69, 9.17) is 0 Å². The second-order valence-corrected chi connectivity index (χ2v) is 9.94. The second-order valence-electron chi connectivity index (χ2n) is 9.94. The number of nitrogens with one attached hydrogen (secondary N) is 1. The third-order valence-corrected chi connectivity index (χ3v) is 7.71. The van der Waals surface area contributed by atoms with E-state index in [9.17, 15) is 18.4 Å². The van der Waals surface area contributed by atoms with Crippen molar-refractivity contribution in [1.29, 1.82) is 0 Å². The minimum absolute atomic E-state index is 0.0207. The number of aromatic nitrogens is 3. The van der Waals surface area contributed by atoms with Crippen LogP contribution in [0.25, 0.3) is 0 Å². The fourth-order valence-corrected chi connectivity index (χ4v) is 5.77. The van der Waals surface area contributed by atoms with E-state index in [1.165, 1.54) is 16.3 Å². The first-order valence-corrected chi connectivity index (χ1v) is 12.8. The molecule has 3 heterocycles. The minimum Gasteiger partial charge on any atom is -0.344 e. The fraction of sp³-hybridized carbons (Fsp3) is 0.429. The lowest BCUT2D eigenvalue weighted by Crippen LogP contribution is -2.42. The Morgan fingerprint density at radius 1 is 1.03 bits per heavy atom. The van der Waals surface area contributed by atoms with Crippen LogP contribution in [0.1, 0.15) is 77.1 Å². The Morgan fingerprint density at radius 3 is 2.43 bits per heavy atom. The van der Waals surface area contributed by atoms with Gasteiger partial charge < -0.3 is 10.2 Å². The van der Waals surface area contributed by atoms with Crippen molar-refractivity contribution in [2.24, 2.45) is 5.92 Å². The van der Waals surface area contributed by atoms with E-state index in [2.05, 4.69) is 27.5 Å². The molecule has 194 valence electrons.